The third-order valence-corrected chi connectivity index (χ3v) is 3.96. The van der Waals surface area contributed by atoms with Gasteiger partial charge in [-0.3, -0.25) is 9.69 Å². The van der Waals surface area contributed by atoms with Gasteiger partial charge in [-0.15, -0.1) is 0 Å². The van der Waals surface area contributed by atoms with Crippen molar-refractivity contribution in [2.75, 3.05) is 60.5 Å². The van der Waals surface area contributed by atoms with Crippen LogP contribution in [0.15, 0.2) is 18.2 Å². The molecule has 0 unspecified atom stereocenters. The molecule has 1 N–H and O–H groups in total. The van der Waals surface area contributed by atoms with Crippen molar-refractivity contribution < 1.29 is 14.3 Å². The fourth-order valence-corrected chi connectivity index (χ4v) is 2.56. The van der Waals surface area contributed by atoms with Gasteiger partial charge in [0.1, 0.15) is 17.1 Å². The zero-order valence-electron chi connectivity index (χ0n) is 13.6. The molecule has 122 valence electrons. The van der Waals surface area contributed by atoms with Crippen molar-refractivity contribution in [2.45, 2.75) is 0 Å². The molecule has 0 bridgehead atoms. The van der Waals surface area contributed by atoms with Gasteiger partial charge < -0.3 is 19.7 Å². The number of hydrogen-bond acceptors (Lipinski definition) is 5. The molecule has 0 atom stereocenters. The lowest BCUT2D eigenvalue weighted by Gasteiger charge is -2.32. The topological polar surface area (TPSA) is 54.0 Å². The minimum atomic E-state index is -0.163. The van der Waals surface area contributed by atoms with E-state index < -0.39 is 0 Å². The Bertz CT molecular complexity index is 477. The van der Waals surface area contributed by atoms with Gasteiger partial charge in [-0.25, -0.2) is 0 Å². The summed E-state index contributed by atoms with van der Waals surface area (Å²) in [4.78, 5) is 17.1. The summed E-state index contributed by atoms with van der Waals surface area (Å²) in [5, 5.41) is 2.95. The van der Waals surface area contributed by atoms with Crippen molar-refractivity contribution in [3.05, 3.63) is 23.8 Å². The van der Waals surface area contributed by atoms with Gasteiger partial charge >= 0.3 is 0 Å². The fraction of sp³-hybridized carbons (Fsp3) is 0.562. The quantitative estimate of drug-likeness (QED) is 0.838. The average molecular weight is 307 g/mol. The Morgan fingerprint density at radius 2 is 1.73 bits per heavy atom. The number of ether oxygens (including phenoxy) is 2. The van der Waals surface area contributed by atoms with E-state index in [-0.39, 0.29) is 5.91 Å². The van der Waals surface area contributed by atoms with Crippen LogP contribution in [0.25, 0.3) is 0 Å². The van der Waals surface area contributed by atoms with Gasteiger partial charge in [-0.05, 0) is 19.2 Å². The number of rotatable bonds is 6. The second-order valence-electron chi connectivity index (χ2n) is 5.44. The maximum atomic E-state index is 12.4. The molecular weight excluding hydrogens is 282 g/mol. The Balaban J connectivity index is 1.90. The predicted molar refractivity (Wildman–Crippen MR) is 85.8 cm³/mol. The SMILES string of the molecule is COc1cccc(OC)c1C(=O)NCCN1CCN(C)CC1. The molecule has 0 saturated carbocycles. The first-order chi connectivity index (χ1) is 10.7. The predicted octanol–water partition coefficient (Wildman–Crippen LogP) is 0.681. The first-order valence-corrected chi connectivity index (χ1v) is 7.55. The van der Waals surface area contributed by atoms with Crippen molar-refractivity contribution in [3.8, 4) is 11.5 Å². The van der Waals surface area contributed by atoms with E-state index in [9.17, 15) is 4.79 Å². The van der Waals surface area contributed by atoms with Crippen LogP contribution < -0.4 is 14.8 Å². The molecular formula is C16H25N3O3. The number of methoxy groups -OCH3 is 2. The third-order valence-electron chi connectivity index (χ3n) is 3.96. The molecule has 22 heavy (non-hydrogen) atoms. The highest BCUT2D eigenvalue weighted by Crippen LogP contribution is 2.27. The number of likely N-dealkylation sites (N-methyl/N-ethyl adjacent to an activating group) is 1. The fourth-order valence-electron chi connectivity index (χ4n) is 2.56. The second-order valence-corrected chi connectivity index (χ2v) is 5.44. The number of benzene rings is 1. The first kappa shape index (κ1) is 16.6. The molecule has 0 aliphatic carbocycles. The molecule has 1 aromatic carbocycles. The molecule has 6 nitrogen and oxygen atoms in total. The highest BCUT2D eigenvalue weighted by Gasteiger charge is 2.18. The van der Waals surface area contributed by atoms with Gasteiger partial charge in [-0.1, -0.05) is 6.07 Å². The van der Waals surface area contributed by atoms with Crippen LogP contribution >= 0.6 is 0 Å². The minimum Gasteiger partial charge on any atom is -0.496 e. The Hall–Kier alpha value is -1.79. The molecule has 1 saturated heterocycles. The number of nitrogens with zero attached hydrogens (tertiary/aromatic N) is 2. The molecule has 2 rings (SSSR count). The largest absolute Gasteiger partial charge is 0.496 e. The molecule has 6 heteroatoms. The lowest BCUT2D eigenvalue weighted by Crippen LogP contribution is -2.46. The second kappa shape index (κ2) is 8.00. The van der Waals surface area contributed by atoms with Crippen LogP contribution in [0.2, 0.25) is 0 Å². The van der Waals surface area contributed by atoms with E-state index in [1.807, 2.05) is 0 Å². The van der Waals surface area contributed by atoms with Crippen molar-refractivity contribution >= 4 is 5.91 Å². The van der Waals surface area contributed by atoms with Crippen molar-refractivity contribution in [1.29, 1.82) is 0 Å². The number of carbonyl (C=O) groups excluding carboxylic acids is 1. The molecule has 1 amide bonds. The molecule has 1 fully saturated rings. The Morgan fingerprint density at radius 3 is 2.27 bits per heavy atom. The first-order valence-electron chi connectivity index (χ1n) is 7.55. The number of carbonyl (C=O) groups is 1. The standard InChI is InChI=1S/C16H25N3O3/c1-18-9-11-19(12-10-18)8-7-17-16(20)15-13(21-2)5-4-6-14(15)22-3/h4-6H,7-12H2,1-3H3,(H,17,20). The van der Waals surface area contributed by atoms with Gasteiger partial charge in [0.15, 0.2) is 0 Å². The van der Waals surface area contributed by atoms with Crippen molar-refractivity contribution in [3.63, 3.8) is 0 Å². The molecule has 1 heterocycles. The van der Waals surface area contributed by atoms with Crippen molar-refractivity contribution in [2.24, 2.45) is 0 Å². The molecule has 1 aromatic rings. The van der Waals surface area contributed by atoms with E-state index in [1.165, 1.54) is 0 Å². The van der Waals surface area contributed by atoms with Crippen LogP contribution in [0.4, 0.5) is 0 Å². The lowest BCUT2D eigenvalue weighted by atomic mass is 10.1. The summed E-state index contributed by atoms with van der Waals surface area (Å²) in [7, 11) is 5.23. The number of nitrogens with one attached hydrogen (secondary N) is 1. The normalized spacial score (nSPS) is 16.3. The average Bonchev–Trinajstić information content (AvgIpc) is 2.55. The van der Waals surface area contributed by atoms with Crippen LogP contribution in [0.1, 0.15) is 10.4 Å². The van der Waals surface area contributed by atoms with E-state index in [0.29, 0.717) is 23.6 Å². The molecule has 0 aromatic heterocycles. The lowest BCUT2D eigenvalue weighted by molar-refractivity contribution is 0.0935. The summed E-state index contributed by atoms with van der Waals surface area (Å²) >= 11 is 0. The number of hydrogen-bond donors (Lipinski definition) is 1. The highest BCUT2D eigenvalue weighted by molar-refractivity contribution is 5.99. The molecule has 0 spiro atoms. The molecule has 1 aliphatic heterocycles. The van der Waals surface area contributed by atoms with Gasteiger partial charge in [-0.2, -0.15) is 0 Å². The number of amides is 1. The van der Waals surface area contributed by atoms with Crippen LogP contribution in [0, 0.1) is 0 Å². The summed E-state index contributed by atoms with van der Waals surface area (Å²) in [5.41, 5.74) is 0.450. The summed E-state index contributed by atoms with van der Waals surface area (Å²) < 4.78 is 10.5. The van der Waals surface area contributed by atoms with Crippen molar-refractivity contribution in [1.82, 2.24) is 15.1 Å². The van der Waals surface area contributed by atoms with Gasteiger partial charge in [0.2, 0.25) is 0 Å². The Morgan fingerprint density at radius 1 is 1.14 bits per heavy atom. The zero-order chi connectivity index (χ0) is 15.9. The Labute approximate surface area is 132 Å². The molecule has 1 aliphatic rings. The summed E-state index contributed by atoms with van der Waals surface area (Å²) in [6.45, 7) is 5.72. The van der Waals surface area contributed by atoms with Gasteiger partial charge in [0, 0.05) is 39.3 Å². The summed E-state index contributed by atoms with van der Waals surface area (Å²) in [6, 6.07) is 5.33. The van der Waals surface area contributed by atoms with E-state index in [1.54, 1.807) is 32.4 Å². The zero-order valence-corrected chi connectivity index (χ0v) is 13.6. The van der Waals surface area contributed by atoms with Gasteiger partial charge in [0.25, 0.3) is 5.91 Å². The van der Waals surface area contributed by atoms with Crippen LogP contribution in [0.5, 0.6) is 11.5 Å². The summed E-state index contributed by atoms with van der Waals surface area (Å²) in [5.74, 6) is 0.885. The van der Waals surface area contributed by atoms with Crippen LogP contribution in [-0.2, 0) is 0 Å². The van der Waals surface area contributed by atoms with Crippen LogP contribution in [0.3, 0.4) is 0 Å². The third kappa shape index (κ3) is 4.11. The van der Waals surface area contributed by atoms with E-state index in [0.717, 1.165) is 32.7 Å². The maximum Gasteiger partial charge on any atom is 0.258 e. The maximum absolute atomic E-state index is 12.4. The monoisotopic (exact) mass is 307 g/mol. The van der Waals surface area contributed by atoms with E-state index >= 15 is 0 Å². The van der Waals surface area contributed by atoms with E-state index in [4.69, 9.17) is 9.47 Å². The van der Waals surface area contributed by atoms with Gasteiger partial charge in [0.05, 0.1) is 14.2 Å². The molecule has 0 radical (unpaired) electrons. The Kier molecular flexibility index (Phi) is 6.03. The smallest absolute Gasteiger partial charge is 0.258 e. The van der Waals surface area contributed by atoms with E-state index in [2.05, 4.69) is 22.2 Å². The van der Waals surface area contributed by atoms with Crippen LogP contribution in [-0.4, -0.2) is 76.2 Å². The number of piperazine rings is 1. The highest BCUT2D eigenvalue weighted by atomic mass is 16.5. The summed E-state index contributed by atoms with van der Waals surface area (Å²) in [6.07, 6.45) is 0. The minimum absolute atomic E-state index is 0.163.